The maximum Gasteiger partial charge on any atom is 0.118 e. The van der Waals surface area contributed by atoms with Gasteiger partial charge >= 0.3 is 0 Å². The van der Waals surface area contributed by atoms with Gasteiger partial charge < -0.3 is 10.2 Å². The number of phenolic OH excluding ortho intramolecular Hbond substituents is 1. The van der Waals surface area contributed by atoms with E-state index in [1.807, 2.05) is 19.1 Å². The summed E-state index contributed by atoms with van der Waals surface area (Å²) in [7, 11) is 0. The molecule has 0 fully saturated rings. The third-order valence-corrected chi connectivity index (χ3v) is 1.67. The summed E-state index contributed by atoms with van der Waals surface area (Å²) in [5, 5.41) is 17.7. The van der Waals surface area contributed by atoms with Crippen LogP contribution in [0.15, 0.2) is 18.2 Å². The van der Waals surface area contributed by atoms with Crippen molar-refractivity contribution in [1.82, 2.24) is 0 Å². The monoisotopic (exact) mass is 352 g/mol. The van der Waals surface area contributed by atoms with Gasteiger partial charge in [-0.05, 0) is 51.3 Å². The number of aliphatic hydroxyl groups is 1. The predicted molar refractivity (Wildman–Crippen MR) is 64.2 cm³/mol. The number of benzene rings is 1. The summed E-state index contributed by atoms with van der Waals surface area (Å²) < 4.78 is 0. The van der Waals surface area contributed by atoms with Crippen molar-refractivity contribution in [3.05, 3.63) is 29.3 Å². The van der Waals surface area contributed by atoms with Gasteiger partial charge in [0, 0.05) is 40.8 Å². The van der Waals surface area contributed by atoms with Crippen LogP contribution in [0.1, 0.15) is 38.8 Å². The van der Waals surface area contributed by atoms with E-state index in [0.717, 1.165) is 12.0 Å². The fourth-order valence-electron chi connectivity index (χ4n) is 0.937. The minimum Gasteiger partial charge on any atom is -0.508 e. The third kappa shape index (κ3) is 10.8. The van der Waals surface area contributed by atoms with Crippen LogP contribution in [0.4, 0.5) is 0 Å². The van der Waals surface area contributed by atoms with Crippen LogP contribution in [0.2, 0.25) is 0 Å². The maximum absolute atomic E-state index is 9.14. The molecule has 0 spiro atoms. The van der Waals surface area contributed by atoms with Gasteiger partial charge in [0.1, 0.15) is 5.75 Å². The van der Waals surface area contributed by atoms with Crippen molar-refractivity contribution >= 4 is 0 Å². The van der Waals surface area contributed by atoms with Crippen LogP contribution < -0.4 is 0 Å². The Morgan fingerprint density at radius 2 is 1.62 bits per heavy atom. The molecule has 0 bridgehead atoms. The van der Waals surface area contributed by atoms with Gasteiger partial charge in [-0.1, -0.05) is 19.1 Å². The third-order valence-electron chi connectivity index (χ3n) is 1.67. The first-order valence-electron chi connectivity index (χ1n) is 5.25. The molecule has 2 nitrogen and oxygen atoms in total. The van der Waals surface area contributed by atoms with E-state index >= 15 is 0 Å². The van der Waals surface area contributed by atoms with Crippen molar-refractivity contribution in [3.63, 3.8) is 0 Å². The summed E-state index contributed by atoms with van der Waals surface area (Å²) in [4.78, 5) is 0. The predicted octanol–water partition coefficient (Wildman–Crippen LogP) is 3.04. The molecule has 0 saturated carbocycles. The van der Waals surface area contributed by atoms with E-state index in [9.17, 15) is 0 Å². The number of hydrogen-bond donors (Lipinski definition) is 2. The summed E-state index contributed by atoms with van der Waals surface area (Å²) in [5.41, 5.74) is 1.73. The second-order valence-electron chi connectivity index (χ2n) is 4.65. The molecule has 1 aromatic rings. The summed E-state index contributed by atoms with van der Waals surface area (Å²) in [6.07, 6.45) is 1.03. The summed E-state index contributed by atoms with van der Waals surface area (Å²) in [6.45, 7) is 9.24. The van der Waals surface area contributed by atoms with Crippen LogP contribution >= 0.6 is 0 Å². The van der Waals surface area contributed by atoms with Gasteiger partial charge in [-0.15, -0.1) is 0 Å². The molecule has 0 radical (unpaired) electrons. The topological polar surface area (TPSA) is 40.5 Å². The molecule has 0 unspecified atom stereocenters. The number of aryl methyl sites for hydroxylation is 2. The van der Waals surface area contributed by atoms with Gasteiger partial charge in [0.05, 0.1) is 5.60 Å². The van der Waals surface area contributed by atoms with Crippen LogP contribution in [0, 0.1) is 47.8 Å². The summed E-state index contributed by atoms with van der Waals surface area (Å²) in [6, 6.07) is 5.70. The molecule has 2 N–H and O–H groups in total. The van der Waals surface area contributed by atoms with Crippen LogP contribution in [0.25, 0.3) is 0 Å². The van der Waals surface area contributed by atoms with E-state index in [2.05, 4.69) is 6.92 Å². The van der Waals surface area contributed by atoms with Gasteiger partial charge in [0.15, 0.2) is 0 Å². The molecule has 1 aromatic carbocycles. The van der Waals surface area contributed by atoms with Crippen molar-refractivity contribution in [2.45, 2.75) is 46.6 Å². The average Bonchev–Trinajstić information content (AvgIpc) is 2.07. The Morgan fingerprint density at radius 1 is 1.19 bits per heavy atom. The van der Waals surface area contributed by atoms with E-state index in [4.69, 9.17) is 10.2 Å². The molecule has 90 valence electrons. The first kappa shape index (κ1) is 18.7. The maximum atomic E-state index is 9.14. The Kier molecular flexibility index (Phi) is 9.84. The molecule has 0 amide bonds. The van der Waals surface area contributed by atoms with E-state index in [0.29, 0.717) is 5.75 Å². The minimum atomic E-state index is -0.500. The van der Waals surface area contributed by atoms with E-state index in [1.165, 1.54) is 5.56 Å². The normalized spacial score (nSPS) is 9.88. The Hall–Kier alpha value is 0.331. The molecule has 0 aromatic heterocycles. The first-order chi connectivity index (χ1) is 6.74. The summed E-state index contributed by atoms with van der Waals surface area (Å²) >= 11 is 0. The Labute approximate surface area is 132 Å². The summed E-state index contributed by atoms with van der Waals surface area (Å²) in [5.74, 6) is 0.386. The quantitative estimate of drug-likeness (QED) is 0.814. The van der Waals surface area contributed by atoms with Gasteiger partial charge in [-0.25, -0.2) is 0 Å². The van der Waals surface area contributed by atoms with Crippen LogP contribution in [-0.4, -0.2) is 15.8 Å². The Balaban J connectivity index is 0. The Morgan fingerprint density at radius 3 is 1.94 bits per heavy atom. The molecule has 0 aliphatic heterocycles. The zero-order valence-corrected chi connectivity index (χ0v) is 14.0. The van der Waals surface area contributed by atoms with Gasteiger partial charge in [-0.3, -0.25) is 0 Å². The molecule has 0 aliphatic rings. The van der Waals surface area contributed by atoms with Crippen molar-refractivity contribution in [1.29, 1.82) is 0 Å². The number of hydrogen-bond acceptors (Lipinski definition) is 2. The van der Waals surface area contributed by atoms with Crippen LogP contribution in [-0.2, 0) is 6.42 Å². The minimum absolute atomic E-state index is 0. The van der Waals surface area contributed by atoms with Gasteiger partial charge in [0.25, 0.3) is 0 Å². The second kappa shape index (κ2) is 8.43. The zero-order chi connectivity index (χ0) is 12.1. The number of rotatable bonds is 1. The van der Waals surface area contributed by atoms with Crippen LogP contribution in [0.3, 0.4) is 0 Å². The van der Waals surface area contributed by atoms with Gasteiger partial charge in [-0.2, -0.15) is 0 Å². The van der Waals surface area contributed by atoms with Crippen molar-refractivity contribution in [3.8, 4) is 5.75 Å². The fraction of sp³-hybridized carbons (Fsp3) is 0.538. The largest absolute Gasteiger partial charge is 0.508 e. The van der Waals surface area contributed by atoms with E-state index in [1.54, 1.807) is 26.8 Å². The van der Waals surface area contributed by atoms with E-state index < -0.39 is 5.60 Å². The van der Waals surface area contributed by atoms with Crippen LogP contribution in [0.5, 0.6) is 5.75 Å². The fourth-order valence-corrected chi connectivity index (χ4v) is 0.937. The standard InChI is InChI=1S/C9H12O.C4H10O.Nd/c1-3-8-4-5-9(10)7(2)6-8;1-4(2,3)5;/h4-6,10H,3H2,1-2H3;5H,1-3H3;. The second-order valence-corrected chi connectivity index (χ2v) is 4.65. The molecule has 0 heterocycles. The van der Waals surface area contributed by atoms with Crippen molar-refractivity contribution in [2.24, 2.45) is 0 Å². The Bertz CT molecular complexity index is 297. The smallest absolute Gasteiger partial charge is 0.118 e. The van der Waals surface area contributed by atoms with Crippen molar-refractivity contribution in [2.75, 3.05) is 0 Å². The molecular weight excluding hydrogens is 332 g/mol. The molecule has 3 heteroatoms. The molecule has 0 aliphatic carbocycles. The molecule has 16 heavy (non-hydrogen) atoms. The SMILES string of the molecule is CC(C)(C)O.CCc1ccc(O)c(C)c1.[Nd]. The molecule has 0 saturated heterocycles. The zero-order valence-electron chi connectivity index (χ0n) is 10.8. The first-order valence-corrected chi connectivity index (χ1v) is 5.25. The molecule has 0 atom stereocenters. The van der Waals surface area contributed by atoms with E-state index in [-0.39, 0.29) is 40.8 Å². The molecule has 1 rings (SSSR count). The average molecular weight is 355 g/mol. The number of aromatic hydroxyl groups is 1. The van der Waals surface area contributed by atoms with Gasteiger partial charge in [0.2, 0.25) is 0 Å². The van der Waals surface area contributed by atoms with Crippen molar-refractivity contribution < 1.29 is 51.1 Å². The number of phenols is 1. The molecular formula is C13H22NdO2.